The minimum atomic E-state index is -0.418. The number of hydrogen-bond donors (Lipinski definition) is 1. The molecular weight excluding hydrogens is 440 g/mol. The van der Waals surface area contributed by atoms with Crippen LogP contribution in [0.5, 0.6) is 0 Å². The van der Waals surface area contributed by atoms with Gasteiger partial charge in [0, 0.05) is 11.3 Å². The normalized spacial score (nSPS) is 15.5. The smallest absolute Gasteiger partial charge is 0.338 e. The summed E-state index contributed by atoms with van der Waals surface area (Å²) in [5, 5.41) is 2.73. The Morgan fingerprint density at radius 3 is 2.64 bits per heavy atom. The fourth-order valence-electron chi connectivity index (χ4n) is 3.67. The van der Waals surface area contributed by atoms with Gasteiger partial charge in [0.05, 0.1) is 30.7 Å². The summed E-state index contributed by atoms with van der Waals surface area (Å²) in [6, 6.07) is 16.0. The molecule has 3 aromatic rings. The van der Waals surface area contributed by atoms with Gasteiger partial charge in [-0.05, 0) is 61.4 Å². The summed E-state index contributed by atoms with van der Waals surface area (Å²) in [6.07, 6.45) is 1.59. The Morgan fingerprint density at radius 1 is 1.15 bits per heavy atom. The third kappa shape index (κ3) is 4.96. The topological polar surface area (TPSA) is 88.8 Å². The monoisotopic (exact) mass is 464 g/mol. The van der Waals surface area contributed by atoms with E-state index in [2.05, 4.69) is 5.32 Å². The van der Waals surface area contributed by atoms with E-state index < -0.39 is 5.97 Å². The Hall–Kier alpha value is -3.52. The first-order valence-electron chi connectivity index (χ1n) is 10.6. The van der Waals surface area contributed by atoms with E-state index in [0.29, 0.717) is 34.7 Å². The SMILES string of the molecule is CCOC(=O)c1cccc(NC(=O)c2ccc(C3SCC(=O)N3Cc3ccco3)cc2)c1C. The molecule has 1 fully saturated rings. The molecule has 0 radical (unpaired) electrons. The van der Waals surface area contributed by atoms with Crippen molar-refractivity contribution in [2.75, 3.05) is 17.7 Å². The summed E-state index contributed by atoms with van der Waals surface area (Å²) >= 11 is 1.55. The molecule has 7 nitrogen and oxygen atoms in total. The fraction of sp³-hybridized carbons (Fsp3) is 0.240. The lowest BCUT2D eigenvalue weighted by atomic mass is 10.1. The van der Waals surface area contributed by atoms with E-state index in [1.807, 2.05) is 18.2 Å². The van der Waals surface area contributed by atoms with Gasteiger partial charge in [0.2, 0.25) is 5.91 Å². The van der Waals surface area contributed by atoms with Gasteiger partial charge in [-0.3, -0.25) is 9.59 Å². The number of furan rings is 1. The third-order valence-corrected chi connectivity index (χ3v) is 6.67. The van der Waals surface area contributed by atoms with E-state index in [1.165, 1.54) is 0 Å². The molecule has 2 heterocycles. The largest absolute Gasteiger partial charge is 0.467 e. The molecule has 1 atom stereocenters. The van der Waals surface area contributed by atoms with Crippen molar-refractivity contribution in [2.45, 2.75) is 25.8 Å². The van der Waals surface area contributed by atoms with Crippen LogP contribution in [-0.4, -0.2) is 35.0 Å². The zero-order valence-electron chi connectivity index (χ0n) is 18.4. The quantitative estimate of drug-likeness (QED) is 0.506. The number of hydrogen-bond acceptors (Lipinski definition) is 6. The number of amides is 2. The summed E-state index contributed by atoms with van der Waals surface area (Å²) in [5.74, 6) is 0.489. The first kappa shape index (κ1) is 22.7. The van der Waals surface area contributed by atoms with Crippen LogP contribution in [0.1, 0.15) is 49.9 Å². The number of carbonyl (C=O) groups is 3. The minimum Gasteiger partial charge on any atom is -0.467 e. The molecule has 1 saturated heterocycles. The summed E-state index contributed by atoms with van der Waals surface area (Å²) in [4.78, 5) is 39.1. The minimum absolute atomic E-state index is 0.0557. The van der Waals surface area contributed by atoms with Crippen molar-refractivity contribution in [1.29, 1.82) is 0 Å². The van der Waals surface area contributed by atoms with Gasteiger partial charge in [-0.15, -0.1) is 11.8 Å². The van der Waals surface area contributed by atoms with Crippen LogP contribution in [0.2, 0.25) is 0 Å². The van der Waals surface area contributed by atoms with E-state index >= 15 is 0 Å². The lowest BCUT2D eigenvalue weighted by Gasteiger charge is -2.23. The first-order chi connectivity index (χ1) is 16.0. The number of carbonyl (C=O) groups excluding carboxylic acids is 3. The number of nitrogens with one attached hydrogen (secondary N) is 1. The third-order valence-electron chi connectivity index (χ3n) is 5.41. The standard InChI is InChI=1S/C25H24N2O5S/c1-3-31-25(30)20-7-4-8-21(16(20)2)26-23(29)17-9-11-18(12-10-17)24-27(22(28)15-33-24)14-19-6-5-13-32-19/h4-13,24H,3,14-15H2,1-2H3,(H,26,29). The van der Waals surface area contributed by atoms with E-state index in [0.717, 1.165) is 11.3 Å². The van der Waals surface area contributed by atoms with E-state index in [1.54, 1.807) is 73.2 Å². The van der Waals surface area contributed by atoms with Crippen molar-refractivity contribution < 1.29 is 23.5 Å². The highest BCUT2D eigenvalue weighted by molar-refractivity contribution is 8.00. The van der Waals surface area contributed by atoms with Crippen molar-refractivity contribution in [3.05, 3.63) is 88.9 Å². The molecule has 1 N–H and O–H groups in total. The molecule has 0 bridgehead atoms. The molecule has 1 aromatic heterocycles. The molecule has 1 aliphatic heterocycles. The molecule has 4 rings (SSSR count). The summed E-state index contributed by atoms with van der Waals surface area (Å²) in [6.45, 7) is 4.21. The number of thioether (sulfide) groups is 1. The Labute approximate surface area is 196 Å². The molecular formula is C25H24N2O5S. The average molecular weight is 465 g/mol. The number of nitrogens with zero attached hydrogens (tertiary/aromatic N) is 1. The zero-order valence-corrected chi connectivity index (χ0v) is 19.2. The van der Waals surface area contributed by atoms with Crippen molar-refractivity contribution in [3.63, 3.8) is 0 Å². The molecule has 8 heteroatoms. The molecule has 0 aliphatic carbocycles. The maximum atomic E-state index is 12.8. The van der Waals surface area contributed by atoms with Gasteiger partial charge in [0.1, 0.15) is 11.1 Å². The first-order valence-corrected chi connectivity index (χ1v) is 11.6. The van der Waals surface area contributed by atoms with Crippen LogP contribution in [0, 0.1) is 6.92 Å². The maximum Gasteiger partial charge on any atom is 0.338 e. The van der Waals surface area contributed by atoms with Gasteiger partial charge in [-0.2, -0.15) is 0 Å². The average Bonchev–Trinajstić information content (AvgIpc) is 3.46. The van der Waals surface area contributed by atoms with Crippen molar-refractivity contribution in [3.8, 4) is 0 Å². The lowest BCUT2D eigenvalue weighted by molar-refractivity contribution is -0.128. The molecule has 1 aliphatic rings. The Kier molecular flexibility index (Phi) is 6.84. The second kappa shape index (κ2) is 9.95. The molecule has 0 saturated carbocycles. The Morgan fingerprint density at radius 2 is 1.94 bits per heavy atom. The predicted octanol–water partition coefficient (Wildman–Crippen LogP) is 4.79. The lowest BCUT2D eigenvalue weighted by Crippen LogP contribution is -2.27. The van der Waals surface area contributed by atoms with Gasteiger partial charge in [0.15, 0.2) is 0 Å². The molecule has 1 unspecified atom stereocenters. The second-order valence-corrected chi connectivity index (χ2v) is 8.61. The van der Waals surface area contributed by atoms with Gasteiger partial charge < -0.3 is 19.4 Å². The van der Waals surface area contributed by atoms with Crippen molar-refractivity contribution in [2.24, 2.45) is 0 Å². The summed E-state index contributed by atoms with van der Waals surface area (Å²) in [5.41, 5.74) is 3.04. The van der Waals surface area contributed by atoms with Crippen LogP contribution in [0.15, 0.2) is 65.3 Å². The number of anilines is 1. The van der Waals surface area contributed by atoms with E-state index in [9.17, 15) is 14.4 Å². The van der Waals surface area contributed by atoms with E-state index in [4.69, 9.17) is 9.15 Å². The molecule has 33 heavy (non-hydrogen) atoms. The Balaban J connectivity index is 1.47. The zero-order chi connectivity index (χ0) is 23.4. The van der Waals surface area contributed by atoms with Gasteiger partial charge >= 0.3 is 5.97 Å². The molecule has 170 valence electrons. The van der Waals surface area contributed by atoms with Gasteiger partial charge in [-0.25, -0.2) is 4.79 Å². The molecule has 2 amide bonds. The summed E-state index contributed by atoms with van der Waals surface area (Å²) < 4.78 is 10.5. The van der Waals surface area contributed by atoms with Crippen molar-refractivity contribution >= 4 is 35.2 Å². The highest BCUT2D eigenvalue weighted by atomic mass is 32.2. The van der Waals surface area contributed by atoms with Crippen LogP contribution < -0.4 is 5.32 Å². The van der Waals surface area contributed by atoms with E-state index in [-0.39, 0.29) is 23.8 Å². The molecule has 2 aromatic carbocycles. The number of rotatable bonds is 7. The predicted molar refractivity (Wildman–Crippen MR) is 126 cm³/mol. The van der Waals surface area contributed by atoms with Crippen LogP contribution in [0.25, 0.3) is 0 Å². The van der Waals surface area contributed by atoms with Crippen LogP contribution in [-0.2, 0) is 16.1 Å². The number of esters is 1. The van der Waals surface area contributed by atoms with Gasteiger partial charge in [-0.1, -0.05) is 18.2 Å². The molecule has 0 spiro atoms. The van der Waals surface area contributed by atoms with Crippen LogP contribution in [0.3, 0.4) is 0 Å². The number of ether oxygens (including phenoxy) is 1. The maximum absolute atomic E-state index is 12.8. The van der Waals surface area contributed by atoms with Crippen LogP contribution >= 0.6 is 11.8 Å². The number of benzene rings is 2. The second-order valence-electron chi connectivity index (χ2n) is 7.54. The highest BCUT2D eigenvalue weighted by Gasteiger charge is 2.33. The highest BCUT2D eigenvalue weighted by Crippen LogP contribution is 2.39. The van der Waals surface area contributed by atoms with Crippen LogP contribution in [0.4, 0.5) is 5.69 Å². The summed E-state index contributed by atoms with van der Waals surface area (Å²) in [7, 11) is 0. The fourth-order valence-corrected chi connectivity index (χ4v) is 4.85. The Bertz CT molecular complexity index is 1160. The van der Waals surface area contributed by atoms with Crippen molar-refractivity contribution in [1.82, 2.24) is 4.90 Å². The van der Waals surface area contributed by atoms with Gasteiger partial charge in [0.25, 0.3) is 5.91 Å².